The second kappa shape index (κ2) is 14.8. The third-order valence-electron chi connectivity index (χ3n) is 11.7. The highest BCUT2D eigenvalue weighted by atomic mass is 16.2. The highest BCUT2D eigenvalue weighted by Gasteiger charge is 2.35. The maximum Gasteiger partial charge on any atom is 0.225 e. The number of amides is 1. The van der Waals surface area contributed by atoms with Gasteiger partial charge in [-0.2, -0.15) is 0 Å². The minimum Gasteiger partial charge on any atom is -0.345 e. The van der Waals surface area contributed by atoms with E-state index in [1.54, 1.807) is 0 Å². The summed E-state index contributed by atoms with van der Waals surface area (Å²) < 4.78 is 0. The van der Waals surface area contributed by atoms with E-state index in [4.69, 9.17) is 9.97 Å². The van der Waals surface area contributed by atoms with Gasteiger partial charge in [0.25, 0.3) is 0 Å². The lowest BCUT2D eigenvalue weighted by Crippen LogP contribution is -2.42. The second-order valence-corrected chi connectivity index (χ2v) is 20.7. The van der Waals surface area contributed by atoms with Gasteiger partial charge in [-0.25, -0.2) is 9.97 Å². The van der Waals surface area contributed by atoms with Gasteiger partial charge in [-0.05, 0) is 98.5 Å². The number of H-pyrrole nitrogens is 2. The van der Waals surface area contributed by atoms with E-state index in [2.05, 4.69) is 142 Å². The number of aromatic amines is 2. The van der Waals surface area contributed by atoms with Crippen molar-refractivity contribution in [1.82, 2.24) is 25.3 Å². The summed E-state index contributed by atoms with van der Waals surface area (Å²) in [4.78, 5) is 43.5. The number of ketones is 1. The van der Waals surface area contributed by atoms with Crippen LogP contribution in [0.25, 0.3) is 56.5 Å². The van der Waals surface area contributed by atoms with Crippen molar-refractivity contribution in [3.8, 4) is 22.3 Å². The molecule has 7 nitrogen and oxygen atoms in total. The summed E-state index contributed by atoms with van der Waals surface area (Å²) in [6.45, 7) is 24.8. The molecule has 2 atom stereocenters. The lowest BCUT2D eigenvalue weighted by Gasteiger charge is -2.32. The van der Waals surface area contributed by atoms with Crippen LogP contribution in [0.15, 0.2) is 72.8 Å². The Labute approximate surface area is 344 Å². The van der Waals surface area contributed by atoms with Crippen LogP contribution in [0.3, 0.4) is 0 Å². The number of hydrogen-bond donors (Lipinski definition) is 3. The molecular formula is C51H61N5O2. The molecule has 58 heavy (non-hydrogen) atoms. The zero-order valence-electron chi connectivity index (χ0n) is 36.6. The van der Waals surface area contributed by atoms with Gasteiger partial charge in [0.05, 0.1) is 28.1 Å². The molecule has 1 amide bonds. The van der Waals surface area contributed by atoms with Gasteiger partial charge in [0.2, 0.25) is 5.91 Å². The molecule has 0 radical (unpaired) electrons. The Morgan fingerprint density at radius 2 is 1.26 bits per heavy atom. The van der Waals surface area contributed by atoms with Gasteiger partial charge in [-0.15, -0.1) is 0 Å². The van der Waals surface area contributed by atoms with Crippen molar-refractivity contribution in [3.05, 3.63) is 107 Å². The molecule has 0 saturated heterocycles. The van der Waals surface area contributed by atoms with Gasteiger partial charge < -0.3 is 15.3 Å². The van der Waals surface area contributed by atoms with E-state index < -0.39 is 10.8 Å². The smallest absolute Gasteiger partial charge is 0.225 e. The number of hydrogen-bond acceptors (Lipinski definition) is 4. The predicted molar refractivity (Wildman–Crippen MR) is 240 cm³/mol. The normalized spacial score (nSPS) is 14.8. The Kier molecular flexibility index (Phi) is 10.4. The summed E-state index contributed by atoms with van der Waals surface area (Å²) in [5, 5.41) is 3.27. The van der Waals surface area contributed by atoms with Crippen molar-refractivity contribution in [3.63, 3.8) is 0 Å². The standard InChI is InChI=1S/C51H61N5O2/c1-48(2,3)38(29-43(57)49(4,5)6)45-52-39-23-21-34(27-41(39)54-45)36-25-30-13-17-32(36)18-14-31-16-20-33(19-15-30)37(26-31)35-22-24-40-42(28-35)55-46(53-40)44(50(7,8)9)56-47(58)51(10,11)12/h13-14,16-18,20-28,38,44H,15,19,29H2,1-12H3,(H,52,54)(H,53,55)(H,56,58)/t38-,44-/m1/s1. The van der Waals surface area contributed by atoms with Gasteiger partial charge in [0.15, 0.2) is 0 Å². The fourth-order valence-corrected chi connectivity index (χ4v) is 7.85. The molecule has 10 rings (SSSR count). The summed E-state index contributed by atoms with van der Waals surface area (Å²) in [6.07, 6.45) is 6.66. The molecular weight excluding hydrogens is 715 g/mol. The van der Waals surface area contributed by atoms with Gasteiger partial charge in [0.1, 0.15) is 17.4 Å². The summed E-state index contributed by atoms with van der Waals surface area (Å²) in [7, 11) is 0. The van der Waals surface area contributed by atoms with E-state index in [9.17, 15) is 9.59 Å². The van der Waals surface area contributed by atoms with Crippen LogP contribution in [-0.4, -0.2) is 31.6 Å². The molecule has 302 valence electrons. The molecule has 0 saturated carbocycles. The van der Waals surface area contributed by atoms with Crippen LogP contribution in [0.5, 0.6) is 0 Å². The number of Topliss-reactive ketones (excluding diaryl/α,β-unsaturated/α-hetero) is 1. The third-order valence-corrected chi connectivity index (χ3v) is 11.7. The highest BCUT2D eigenvalue weighted by molar-refractivity contribution is 5.89. The minimum absolute atomic E-state index is 0.00157. The monoisotopic (exact) mass is 775 g/mol. The Bertz CT molecular complexity index is 2560. The number of imidazole rings is 2. The quantitative estimate of drug-likeness (QED) is 0.150. The SMILES string of the molecule is CC(C)(C)C(=O)C[C@H](c1nc2ccc(-c3cc4ccc3C=Cc3ccc(c(-c5ccc6nc([C@@H](NC(=O)C(C)(C)C)C(C)(C)C)[nH]c6c5)c3)CC4)cc2[nH]1)C(C)(C)C. The second-order valence-electron chi connectivity index (χ2n) is 20.7. The molecule has 3 N–H and O–H groups in total. The number of benzene rings is 4. The van der Waals surface area contributed by atoms with E-state index in [0.717, 1.165) is 68.8 Å². The average Bonchev–Trinajstić information content (AvgIpc) is 3.75. The Hall–Kier alpha value is -5.30. The number of rotatable bonds is 7. The van der Waals surface area contributed by atoms with Crippen LogP contribution in [0.2, 0.25) is 0 Å². The van der Waals surface area contributed by atoms with Crippen LogP contribution in [0.1, 0.15) is 135 Å². The molecule has 0 fully saturated rings. The number of fused-ring (bicyclic) bond motifs is 2. The summed E-state index contributed by atoms with van der Waals surface area (Å²) in [5.41, 5.74) is 12.0. The zero-order chi connectivity index (χ0) is 41.9. The van der Waals surface area contributed by atoms with Crippen molar-refractivity contribution >= 4 is 45.9 Å². The molecule has 0 spiro atoms. The Morgan fingerprint density at radius 1 is 0.638 bits per heavy atom. The average molecular weight is 776 g/mol. The van der Waals surface area contributed by atoms with Gasteiger partial charge in [-0.3, -0.25) is 9.59 Å². The van der Waals surface area contributed by atoms with E-state index in [1.165, 1.54) is 22.3 Å². The van der Waals surface area contributed by atoms with Gasteiger partial charge in [-0.1, -0.05) is 138 Å². The fourth-order valence-electron chi connectivity index (χ4n) is 7.85. The predicted octanol–water partition coefficient (Wildman–Crippen LogP) is 12.4. The topological polar surface area (TPSA) is 104 Å². The molecule has 6 aromatic rings. The molecule has 4 aromatic carbocycles. The largest absolute Gasteiger partial charge is 0.345 e. The summed E-state index contributed by atoms with van der Waals surface area (Å²) in [5.74, 6) is 1.87. The first kappa shape index (κ1) is 40.9. The molecule has 0 unspecified atom stereocenters. The summed E-state index contributed by atoms with van der Waals surface area (Å²) >= 11 is 0. The van der Waals surface area contributed by atoms with E-state index >= 15 is 0 Å². The maximum absolute atomic E-state index is 13.2. The van der Waals surface area contributed by atoms with Gasteiger partial charge >= 0.3 is 0 Å². The van der Waals surface area contributed by atoms with Crippen molar-refractivity contribution < 1.29 is 9.59 Å². The number of nitrogens with zero attached hydrogens (tertiary/aromatic N) is 2. The molecule has 4 aliphatic rings. The molecule has 2 heterocycles. The van der Waals surface area contributed by atoms with E-state index in [1.807, 2.05) is 41.5 Å². The molecule has 0 aliphatic heterocycles. The first-order chi connectivity index (χ1) is 27.0. The fraction of sp³-hybridized carbons (Fsp3) is 0.412. The molecule has 4 bridgehead atoms. The van der Waals surface area contributed by atoms with E-state index in [-0.39, 0.29) is 34.5 Å². The van der Waals surface area contributed by atoms with Gasteiger partial charge in [0, 0.05) is 23.2 Å². The maximum atomic E-state index is 13.2. The van der Waals surface area contributed by atoms with Crippen LogP contribution in [0.4, 0.5) is 0 Å². The Morgan fingerprint density at radius 3 is 1.86 bits per heavy atom. The number of aromatic nitrogens is 4. The Balaban J connectivity index is 1.20. The van der Waals surface area contributed by atoms with Crippen LogP contribution >= 0.6 is 0 Å². The minimum atomic E-state index is -0.506. The first-order valence-corrected chi connectivity index (χ1v) is 20.8. The lowest BCUT2D eigenvalue weighted by molar-refractivity contribution is -0.130. The molecule has 2 aromatic heterocycles. The van der Waals surface area contributed by atoms with E-state index in [0.29, 0.717) is 6.42 Å². The number of carbonyl (C=O) groups excluding carboxylic acids is 2. The zero-order valence-corrected chi connectivity index (χ0v) is 36.6. The summed E-state index contributed by atoms with van der Waals surface area (Å²) in [6, 6.07) is 26.3. The number of aryl methyl sites for hydroxylation is 2. The molecule has 7 heteroatoms. The van der Waals surface area contributed by atoms with Crippen molar-refractivity contribution in [1.29, 1.82) is 0 Å². The van der Waals surface area contributed by atoms with Crippen LogP contribution in [0, 0.1) is 21.7 Å². The highest BCUT2D eigenvalue weighted by Crippen LogP contribution is 2.41. The number of carbonyl (C=O) groups is 2. The van der Waals surface area contributed by atoms with Crippen LogP contribution in [-0.2, 0) is 22.4 Å². The first-order valence-electron chi connectivity index (χ1n) is 20.8. The van der Waals surface area contributed by atoms with Crippen LogP contribution < -0.4 is 5.32 Å². The lowest BCUT2D eigenvalue weighted by atomic mass is 9.74. The third kappa shape index (κ3) is 8.60. The number of nitrogens with one attached hydrogen (secondary N) is 3. The van der Waals surface area contributed by atoms with Crippen molar-refractivity contribution in [2.24, 2.45) is 21.7 Å². The molecule has 4 aliphatic carbocycles. The van der Waals surface area contributed by atoms with Crippen molar-refractivity contribution in [2.45, 2.75) is 114 Å². The van der Waals surface area contributed by atoms with Crippen molar-refractivity contribution in [2.75, 3.05) is 0 Å².